The number of nitrogens with two attached hydrogens (primary N) is 1. The average molecular weight is 325 g/mol. The maximum Gasteiger partial charge on any atom is 0.134 e. The summed E-state index contributed by atoms with van der Waals surface area (Å²) >= 11 is 0. The summed E-state index contributed by atoms with van der Waals surface area (Å²) in [5.74, 6) is 1.80. The van der Waals surface area contributed by atoms with Crippen molar-refractivity contribution in [3.63, 3.8) is 0 Å². The number of fused-ring (bicyclic) bond motifs is 1. The lowest BCUT2D eigenvalue weighted by Crippen LogP contribution is -2.83. The first-order valence-corrected chi connectivity index (χ1v) is 8.31. The summed E-state index contributed by atoms with van der Waals surface area (Å²) in [7, 11) is 3.41. The van der Waals surface area contributed by atoms with E-state index in [4.69, 9.17) is 9.47 Å². The van der Waals surface area contributed by atoms with Crippen molar-refractivity contribution < 1.29 is 14.8 Å². The number of rotatable bonds is 7. The predicted molar refractivity (Wildman–Crippen MR) is 96.8 cm³/mol. The van der Waals surface area contributed by atoms with Gasteiger partial charge >= 0.3 is 0 Å². The second-order valence-electron chi connectivity index (χ2n) is 5.98. The third kappa shape index (κ3) is 3.24. The second kappa shape index (κ2) is 7.41. The van der Waals surface area contributed by atoms with Gasteiger partial charge < -0.3 is 19.8 Å². The fourth-order valence-electron chi connectivity index (χ4n) is 3.25. The summed E-state index contributed by atoms with van der Waals surface area (Å²) in [5, 5.41) is 3.65. The highest BCUT2D eigenvalue weighted by atomic mass is 16.5. The molecule has 0 spiro atoms. The zero-order chi connectivity index (χ0) is 16.9. The van der Waals surface area contributed by atoms with Gasteiger partial charge in [-0.1, -0.05) is 18.2 Å². The largest absolute Gasteiger partial charge is 0.496 e. The fraction of sp³-hybridized carbons (Fsp3) is 0.300. The van der Waals surface area contributed by atoms with E-state index < -0.39 is 0 Å². The number of hydrogen-bond acceptors (Lipinski definition) is 2. The number of quaternary nitrogens is 1. The molecule has 0 aliphatic carbocycles. The molecule has 0 fully saturated rings. The number of ether oxygens (including phenoxy) is 2. The van der Waals surface area contributed by atoms with Crippen LogP contribution >= 0.6 is 0 Å². The molecule has 4 nitrogen and oxygen atoms in total. The van der Waals surface area contributed by atoms with Gasteiger partial charge in [-0.2, -0.15) is 0 Å². The minimum atomic E-state index is 0.870. The maximum absolute atomic E-state index is 5.57. The Bertz CT molecular complexity index is 824. The molecule has 2 aromatic carbocycles. The van der Waals surface area contributed by atoms with Crippen LogP contribution in [0.25, 0.3) is 10.9 Å². The summed E-state index contributed by atoms with van der Waals surface area (Å²) in [6.07, 6.45) is 3.16. The maximum atomic E-state index is 5.57. The van der Waals surface area contributed by atoms with Crippen LogP contribution in [0.5, 0.6) is 11.5 Å². The van der Waals surface area contributed by atoms with Gasteiger partial charge in [0.1, 0.15) is 18.0 Å². The van der Waals surface area contributed by atoms with E-state index >= 15 is 0 Å². The second-order valence-corrected chi connectivity index (χ2v) is 5.98. The van der Waals surface area contributed by atoms with Gasteiger partial charge in [-0.25, -0.2) is 0 Å². The van der Waals surface area contributed by atoms with Crippen molar-refractivity contribution in [2.75, 3.05) is 20.8 Å². The third-order valence-electron chi connectivity index (χ3n) is 4.52. The molecule has 24 heavy (non-hydrogen) atoms. The van der Waals surface area contributed by atoms with Gasteiger partial charge in [0, 0.05) is 34.6 Å². The number of H-pyrrole nitrogens is 1. The topological polar surface area (TPSA) is 50.9 Å². The third-order valence-corrected chi connectivity index (χ3v) is 4.52. The van der Waals surface area contributed by atoms with E-state index in [0.717, 1.165) is 36.6 Å². The standard InChI is InChI=1S/C20H24N2O2/c1-14-19(23-2)9-8-16(20(14)24-3)12-21-11-10-15-13-22-18-7-5-4-6-17(15)18/h4-9,13,21-22H,10-12H2,1-3H3/p+1. The minimum absolute atomic E-state index is 0.870. The van der Waals surface area contributed by atoms with E-state index in [9.17, 15) is 0 Å². The van der Waals surface area contributed by atoms with E-state index in [1.807, 2.05) is 13.0 Å². The molecular formula is C20H25N2O2+. The minimum Gasteiger partial charge on any atom is -0.496 e. The normalized spacial score (nSPS) is 11.0. The van der Waals surface area contributed by atoms with Crippen LogP contribution in [0.4, 0.5) is 0 Å². The van der Waals surface area contributed by atoms with Crippen molar-refractivity contribution in [3.8, 4) is 11.5 Å². The molecule has 0 amide bonds. The summed E-state index contributed by atoms with van der Waals surface area (Å²) in [4.78, 5) is 3.34. The van der Waals surface area contributed by atoms with E-state index in [0.29, 0.717) is 0 Å². The molecule has 0 bridgehead atoms. The van der Waals surface area contributed by atoms with Gasteiger partial charge in [-0.05, 0) is 30.7 Å². The van der Waals surface area contributed by atoms with Crippen LogP contribution < -0.4 is 14.8 Å². The molecule has 0 saturated heterocycles. The zero-order valence-electron chi connectivity index (χ0n) is 14.6. The molecule has 0 atom stereocenters. The molecule has 1 heterocycles. The van der Waals surface area contributed by atoms with Crippen molar-refractivity contribution in [1.29, 1.82) is 0 Å². The molecule has 3 aromatic rings. The van der Waals surface area contributed by atoms with Crippen molar-refractivity contribution in [1.82, 2.24) is 4.98 Å². The monoisotopic (exact) mass is 325 g/mol. The number of nitrogens with one attached hydrogen (secondary N) is 1. The van der Waals surface area contributed by atoms with Crippen molar-refractivity contribution >= 4 is 10.9 Å². The average Bonchev–Trinajstić information content (AvgIpc) is 3.02. The summed E-state index contributed by atoms with van der Waals surface area (Å²) in [6.45, 7) is 3.97. The lowest BCUT2D eigenvalue weighted by atomic mass is 10.1. The van der Waals surface area contributed by atoms with E-state index in [1.165, 1.54) is 22.0 Å². The molecule has 0 unspecified atom stereocenters. The van der Waals surface area contributed by atoms with Crippen molar-refractivity contribution in [2.45, 2.75) is 19.9 Å². The Morgan fingerprint density at radius 2 is 1.83 bits per heavy atom. The summed E-state index contributed by atoms with van der Waals surface area (Å²) in [5.41, 5.74) is 4.84. The van der Waals surface area contributed by atoms with E-state index in [2.05, 4.69) is 46.8 Å². The van der Waals surface area contributed by atoms with Gasteiger partial charge in [-0.15, -0.1) is 0 Å². The molecule has 4 heteroatoms. The summed E-state index contributed by atoms with van der Waals surface area (Å²) in [6, 6.07) is 12.6. The highest BCUT2D eigenvalue weighted by Crippen LogP contribution is 2.30. The molecular weight excluding hydrogens is 300 g/mol. The van der Waals surface area contributed by atoms with E-state index in [1.54, 1.807) is 14.2 Å². The Hall–Kier alpha value is -2.46. The Morgan fingerprint density at radius 3 is 2.62 bits per heavy atom. The van der Waals surface area contributed by atoms with Gasteiger partial charge in [-0.3, -0.25) is 0 Å². The van der Waals surface area contributed by atoms with Gasteiger partial charge in [0.05, 0.1) is 20.8 Å². The lowest BCUT2D eigenvalue weighted by Gasteiger charge is -2.13. The van der Waals surface area contributed by atoms with Crippen LogP contribution in [0.1, 0.15) is 16.7 Å². The van der Waals surface area contributed by atoms with Crippen LogP contribution in [0.3, 0.4) is 0 Å². The molecule has 0 aliphatic heterocycles. The Balaban J connectivity index is 1.62. The van der Waals surface area contributed by atoms with Crippen LogP contribution in [0.15, 0.2) is 42.6 Å². The number of methoxy groups -OCH3 is 2. The molecule has 1 aromatic heterocycles. The predicted octanol–water partition coefficient (Wildman–Crippen LogP) is 2.80. The van der Waals surface area contributed by atoms with Gasteiger partial charge in [0.25, 0.3) is 0 Å². The highest BCUT2D eigenvalue weighted by molar-refractivity contribution is 5.82. The quantitative estimate of drug-likeness (QED) is 0.656. The molecule has 0 saturated carbocycles. The molecule has 3 N–H and O–H groups in total. The molecule has 0 radical (unpaired) electrons. The highest BCUT2D eigenvalue weighted by Gasteiger charge is 2.12. The van der Waals surface area contributed by atoms with Crippen molar-refractivity contribution in [2.24, 2.45) is 0 Å². The van der Waals surface area contributed by atoms with Gasteiger partial charge in [0.15, 0.2) is 0 Å². The zero-order valence-corrected chi connectivity index (χ0v) is 14.6. The number of aromatic amines is 1. The molecule has 3 rings (SSSR count). The molecule has 126 valence electrons. The summed E-state index contributed by atoms with van der Waals surface area (Å²) < 4.78 is 10.9. The number of benzene rings is 2. The van der Waals surface area contributed by atoms with Crippen LogP contribution in [-0.2, 0) is 13.0 Å². The van der Waals surface area contributed by atoms with Crippen LogP contribution in [0, 0.1) is 6.92 Å². The Kier molecular flexibility index (Phi) is 5.06. The molecule has 0 aliphatic rings. The van der Waals surface area contributed by atoms with Crippen LogP contribution in [0.2, 0.25) is 0 Å². The smallest absolute Gasteiger partial charge is 0.134 e. The number of aromatic nitrogens is 1. The Morgan fingerprint density at radius 1 is 1.00 bits per heavy atom. The first kappa shape index (κ1) is 16.4. The first-order chi connectivity index (χ1) is 11.7. The Labute approximate surface area is 142 Å². The van der Waals surface area contributed by atoms with Crippen molar-refractivity contribution in [3.05, 3.63) is 59.3 Å². The van der Waals surface area contributed by atoms with Crippen LogP contribution in [-0.4, -0.2) is 25.7 Å². The number of para-hydroxylation sites is 1. The fourth-order valence-corrected chi connectivity index (χ4v) is 3.25. The van der Waals surface area contributed by atoms with Gasteiger partial charge in [0.2, 0.25) is 0 Å². The van der Waals surface area contributed by atoms with E-state index in [-0.39, 0.29) is 0 Å². The SMILES string of the molecule is COc1ccc(C[NH2+]CCc2c[nH]c3ccccc23)c(OC)c1C. The number of hydrogen-bond donors (Lipinski definition) is 2. The first-order valence-electron chi connectivity index (χ1n) is 8.31. The lowest BCUT2D eigenvalue weighted by molar-refractivity contribution is -0.670.